The fourth-order valence-electron chi connectivity index (χ4n) is 1.11. The van der Waals surface area contributed by atoms with E-state index in [1.165, 1.54) is 0 Å². The molecule has 1 N–H and O–H groups in total. The Bertz CT molecular complexity index is 98.3. The van der Waals surface area contributed by atoms with Crippen molar-refractivity contribution in [1.82, 2.24) is 5.32 Å². The molecule has 3 heteroatoms. The number of rotatable bonds is 4. The van der Waals surface area contributed by atoms with Crippen LogP contribution in [0, 0.1) is 6.23 Å². The van der Waals surface area contributed by atoms with Crippen LogP contribution in [0.4, 0.5) is 0 Å². The summed E-state index contributed by atoms with van der Waals surface area (Å²) in [5.74, 6) is 0. The lowest BCUT2D eigenvalue weighted by molar-refractivity contribution is -0.249. The maximum absolute atomic E-state index is 4.89. The van der Waals surface area contributed by atoms with Crippen molar-refractivity contribution in [2.24, 2.45) is 0 Å². The van der Waals surface area contributed by atoms with Crippen molar-refractivity contribution in [3.8, 4) is 0 Å². The van der Waals surface area contributed by atoms with Crippen molar-refractivity contribution in [3.05, 3.63) is 6.23 Å². The fourth-order valence-corrected chi connectivity index (χ4v) is 1.11. The van der Waals surface area contributed by atoms with Gasteiger partial charge in [0.05, 0.1) is 6.61 Å². The Morgan fingerprint density at radius 1 is 1.45 bits per heavy atom. The molecule has 1 aliphatic rings. The molecule has 1 rings (SSSR count). The minimum Gasteiger partial charge on any atom is -0.280 e. The first-order valence-electron chi connectivity index (χ1n) is 4.28. The van der Waals surface area contributed by atoms with Gasteiger partial charge in [-0.3, -0.25) is 5.32 Å². The van der Waals surface area contributed by atoms with Crippen LogP contribution in [-0.4, -0.2) is 12.6 Å². The minimum absolute atomic E-state index is 0.534. The van der Waals surface area contributed by atoms with Crippen molar-refractivity contribution >= 4 is 0 Å². The number of nitrogens with one attached hydrogen (secondary N) is 1. The van der Waals surface area contributed by atoms with E-state index in [0.717, 1.165) is 25.5 Å². The smallest absolute Gasteiger partial charge is 0.202 e. The molecule has 0 aliphatic carbocycles. The molecule has 3 nitrogen and oxygen atoms in total. The molecule has 65 valence electrons. The largest absolute Gasteiger partial charge is 0.280 e. The fraction of sp³-hybridized carbons (Fsp3) is 0.875. The van der Waals surface area contributed by atoms with E-state index in [4.69, 9.17) is 9.78 Å². The summed E-state index contributed by atoms with van der Waals surface area (Å²) in [5, 5.41) is 3.28. The highest BCUT2D eigenvalue weighted by molar-refractivity contribution is 4.80. The highest BCUT2D eigenvalue weighted by atomic mass is 17.2. The summed E-state index contributed by atoms with van der Waals surface area (Å²) in [6, 6.07) is 0.534. The van der Waals surface area contributed by atoms with E-state index in [1.54, 1.807) is 0 Å². The van der Waals surface area contributed by atoms with Crippen LogP contribution in [0.1, 0.15) is 33.1 Å². The van der Waals surface area contributed by atoms with Gasteiger partial charge in [0.25, 0.3) is 0 Å². The van der Waals surface area contributed by atoms with Crippen LogP contribution in [0.5, 0.6) is 0 Å². The zero-order valence-corrected chi connectivity index (χ0v) is 7.22. The van der Waals surface area contributed by atoms with Gasteiger partial charge in [-0.05, 0) is 12.8 Å². The van der Waals surface area contributed by atoms with Gasteiger partial charge in [-0.1, -0.05) is 13.8 Å². The van der Waals surface area contributed by atoms with Gasteiger partial charge in [0.1, 0.15) is 0 Å². The molecule has 11 heavy (non-hydrogen) atoms. The van der Waals surface area contributed by atoms with E-state index in [1.807, 2.05) is 0 Å². The molecule has 1 aliphatic heterocycles. The maximum Gasteiger partial charge on any atom is 0.202 e. The first kappa shape index (κ1) is 8.97. The lowest BCUT2D eigenvalue weighted by atomic mass is 10.1. The lowest BCUT2D eigenvalue weighted by Gasteiger charge is -2.16. The minimum atomic E-state index is 0.534. The highest BCUT2D eigenvalue weighted by Gasteiger charge is 2.20. The summed E-state index contributed by atoms with van der Waals surface area (Å²) in [7, 11) is 0. The predicted molar refractivity (Wildman–Crippen MR) is 42.4 cm³/mol. The molecule has 0 amide bonds. The zero-order valence-electron chi connectivity index (χ0n) is 7.22. The van der Waals surface area contributed by atoms with Gasteiger partial charge in [0.2, 0.25) is 6.23 Å². The van der Waals surface area contributed by atoms with Crippen molar-refractivity contribution in [1.29, 1.82) is 0 Å². The van der Waals surface area contributed by atoms with Gasteiger partial charge in [-0.25, -0.2) is 9.78 Å². The highest BCUT2D eigenvalue weighted by Crippen LogP contribution is 2.15. The van der Waals surface area contributed by atoms with Crippen LogP contribution in [0.2, 0.25) is 0 Å². The van der Waals surface area contributed by atoms with Crippen LogP contribution in [0.3, 0.4) is 0 Å². The van der Waals surface area contributed by atoms with E-state index >= 15 is 0 Å². The Labute approximate surface area is 68.0 Å². The number of hydrogen-bond donors (Lipinski definition) is 1. The summed E-state index contributed by atoms with van der Waals surface area (Å²) in [5.41, 5.74) is 0. The quantitative estimate of drug-likeness (QED) is 0.630. The molecule has 0 unspecified atom stereocenters. The van der Waals surface area contributed by atoms with E-state index in [9.17, 15) is 0 Å². The topological polar surface area (TPSA) is 30.5 Å². The third-order valence-corrected chi connectivity index (χ3v) is 1.92. The van der Waals surface area contributed by atoms with Crippen molar-refractivity contribution in [3.63, 3.8) is 0 Å². The molecule has 0 bridgehead atoms. The van der Waals surface area contributed by atoms with Gasteiger partial charge in [0, 0.05) is 12.5 Å². The second kappa shape index (κ2) is 4.70. The van der Waals surface area contributed by atoms with Gasteiger partial charge < -0.3 is 0 Å². The lowest BCUT2D eigenvalue weighted by Crippen LogP contribution is -2.31. The monoisotopic (exact) mass is 158 g/mol. The third kappa shape index (κ3) is 2.77. The molecular formula is C8H16NO2. The molecule has 1 radical (unpaired) electrons. The Kier molecular flexibility index (Phi) is 3.83. The third-order valence-electron chi connectivity index (χ3n) is 1.92. The summed E-state index contributed by atoms with van der Waals surface area (Å²) in [6.07, 6.45) is 4.03. The first-order chi connectivity index (χ1) is 5.36. The average molecular weight is 158 g/mol. The Morgan fingerprint density at radius 2 is 2.18 bits per heavy atom. The van der Waals surface area contributed by atoms with Crippen LogP contribution >= 0.6 is 0 Å². The second-order valence-corrected chi connectivity index (χ2v) is 2.74. The van der Waals surface area contributed by atoms with Gasteiger partial charge >= 0.3 is 0 Å². The van der Waals surface area contributed by atoms with Crippen LogP contribution in [0.25, 0.3) is 0 Å². The van der Waals surface area contributed by atoms with Gasteiger partial charge in [0.15, 0.2) is 0 Å². The molecule has 0 saturated carbocycles. The summed E-state index contributed by atoms with van der Waals surface area (Å²) >= 11 is 0. The predicted octanol–water partition coefficient (Wildman–Crippen LogP) is 1.61. The first-order valence-corrected chi connectivity index (χ1v) is 4.28. The summed E-state index contributed by atoms with van der Waals surface area (Å²) in [4.78, 5) is 9.64. The molecule has 1 heterocycles. The second-order valence-electron chi connectivity index (χ2n) is 2.74. The van der Waals surface area contributed by atoms with Crippen molar-refractivity contribution in [2.75, 3.05) is 6.61 Å². The molecular weight excluding hydrogens is 142 g/mol. The molecule has 0 atom stereocenters. The Hall–Kier alpha value is -0.120. The van der Waals surface area contributed by atoms with Gasteiger partial charge in [-0.2, -0.15) is 0 Å². The van der Waals surface area contributed by atoms with E-state index < -0.39 is 0 Å². The Morgan fingerprint density at radius 3 is 2.64 bits per heavy atom. The average Bonchev–Trinajstić information content (AvgIpc) is 2.52. The van der Waals surface area contributed by atoms with Crippen molar-refractivity contribution in [2.45, 2.75) is 39.2 Å². The molecule has 1 fully saturated rings. The van der Waals surface area contributed by atoms with Crippen LogP contribution in [0.15, 0.2) is 0 Å². The van der Waals surface area contributed by atoms with E-state index in [0.29, 0.717) is 12.6 Å². The van der Waals surface area contributed by atoms with E-state index in [-0.39, 0.29) is 0 Å². The maximum atomic E-state index is 4.89. The molecule has 1 saturated heterocycles. The normalized spacial score (nSPS) is 19.9. The van der Waals surface area contributed by atoms with Crippen molar-refractivity contribution < 1.29 is 9.78 Å². The molecule has 0 spiro atoms. The van der Waals surface area contributed by atoms with Gasteiger partial charge in [-0.15, -0.1) is 0 Å². The Balaban J connectivity index is 2.16. The van der Waals surface area contributed by atoms with Crippen LogP contribution < -0.4 is 5.32 Å². The molecule has 0 aromatic rings. The standard InChI is InChI=1S/C8H16NO2/c1-3-7(4-2)9-8-5-6-10-11-8/h7,9H,3-6H2,1-2H3. The zero-order chi connectivity index (χ0) is 8.10. The number of hydrogen-bond acceptors (Lipinski definition) is 3. The van der Waals surface area contributed by atoms with E-state index in [2.05, 4.69) is 19.2 Å². The molecule has 0 aromatic carbocycles. The van der Waals surface area contributed by atoms with Crippen LogP contribution in [-0.2, 0) is 9.78 Å². The SMILES string of the molecule is CCC(CC)N[C]1CCOO1. The molecule has 0 aromatic heterocycles. The summed E-state index contributed by atoms with van der Waals surface area (Å²) < 4.78 is 0. The summed E-state index contributed by atoms with van der Waals surface area (Å²) in [6.45, 7) is 5.01.